The topological polar surface area (TPSA) is 82.5 Å². The Labute approximate surface area is 164 Å². The number of amides is 2. The summed E-state index contributed by atoms with van der Waals surface area (Å²) in [6.07, 6.45) is 5.56. The summed E-state index contributed by atoms with van der Waals surface area (Å²) in [6, 6.07) is 12.7. The van der Waals surface area contributed by atoms with Gasteiger partial charge in [-0.2, -0.15) is 0 Å². The Balaban J connectivity index is 1.78. The standard InChI is InChI=1S/C22H25N3O3/c1-3-6-16-8-10-17(11-9-16)21-19(25(15(2)27)20(21)14-26)13-24-22(28)18-7-4-5-12-23-18/h3-12,19-21,26H,13-14H2,1-2H3,(H,24,28)/b6-3+/t19-,20+,21+/m1/s1. The van der Waals surface area contributed by atoms with E-state index in [1.807, 2.05) is 43.3 Å². The molecule has 0 saturated carbocycles. The van der Waals surface area contributed by atoms with Crippen molar-refractivity contribution in [1.29, 1.82) is 0 Å². The lowest BCUT2D eigenvalue weighted by Gasteiger charge is -2.54. The van der Waals surface area contributed by atoms with Gasteiger partial charge in [0.15, 0.2) is 0 Å². The Bertz CT molecular complexity index is 849. The van der Waals surface area contributed by atoms with Crippen molar-refractivity contribution in [3.05, 3.63) is 71.6 Å². The molecule has 0 radical (unpaired) electrons. The van der Waals surface area contributed by atoms with E-state index < -0.39 is 0 Å². The number of carbonyl (C=O) groups excluding carboxylic acids is 2. The van der Waals surface area contributed by atoms with Crippen LogP contribution in [0.1, 0.15) is 41.4 Å². The number of allylic oxidation sites excluding steroid dienone is 1. The van der Waals surface area contributed by atoms with E-state index in [2.05, 4.69) is 10.3 Å². The minimum atomic E-state index is -0.290. The fourth-order valence-corrected chi connectivity index (χ4v) is 3.89. The molecule has 6 nitrogen and oxygen atoms in total. The van der Waals surface area contributed by atoms with Gasteiger partial charge in [0.2, 0.25) is 5.91 Å². The van der Waals surface area contributed by atoms with Crippen LogP contribution in [0, 0.1) is 0 Å². The largest absolute Gasteiger partial charge is 0.394 e. The molecular formula is C22H25N3O3. The molecule has 0 unspecified atom stereocenters. The van der Waals surface area contributed by atoms with E-state index in [9.17, 15) is 14.7 Å². The summed E-state index contributed by atoms with van der Waals surface area (Å²) in [6.45, 7) is 3.63. The molecule has 1 aromatic heterocycles. The molecular weight excluding hydrogens is 354 g/mol. The minimum absolute atomic E-state index is 0.0439. The number of likely N-dealkylation sites (tertiary alicyclic amines) is 1. The Hall–Kier alpha value is -2.99. The number of benzene rings is 1. The molecule has 3 atom stereocenters. The van der Waals surface area contributed by atoms with Crippen LogP contribution in [0.2, 0.25) is 0 Å². The second-order valence-electron chi connectivity index (χ2n) is 6.86. The van der Waals surface area contributed by atoms with Gasteiger partial charge < -0.3 is 15.3 Å². The molecule has 0 aliphatic carbocycles. The number of hydrogen-bond donors (Lipinski definition) is 2. The predicted octanol–water partition coefficient (Wildman–Crippen LogP) is 2.22. The quantitative estimate of drug-likeness (QED) is 0.806. The van der Waals surface area contributed by atoms with E-state index in [0.29, 0.717) is 12.2 Å². The Morgan fingerprint density at radius 1 is 1.18 bits per heavy atom. The van der Waals surface area contributed by atoms with Crippen molar-refractivity contribution in [2.45, 2.75) is 31.8 Å². The van der Waals surface area contributed by atoms with Gasteiger partial charge in [0, 0.05) is 25.6 Å². The van der Waals surface area contributed by atoms with Crippen LogP contribution < -0.4 is 5.32 Å². The van der Waals surface area contributed by atoms with Crippen LogP contribution in [0.25, 0.3) is 6.08 Å². The van der Waals surface area contributed by atoms with Crippen LogP contribution in [0.4, 0.5) is 0 Å². The van der Waals surface area contributed by atoms with E-state index in [0.717, 1.165) is 11.1 Å². The van der Waals surface area contributed by atoms with Crippen molar-refractivity contribution in [1.82, 2.24) is 15.2 Å². The Kier molecular flexibility index (Phi) is 6.21. The third-order valence-corrected chi connectivity index (χ3v) is 5.14. The SMILES string of the molecule is C/C=C/c1ccc([C@H]2[C@@H](CNC(=O)c3ccccn3)N(C(C)=O)[C@H]2CO)cc1. The molecule has 2 aromatic rings. The monoisotopic (exact) mass is 379 g/mol. The number of aromatic nitrogens is 1. The number of pyridine rings is 1. The van der Waals surface area contributed by atoms with Crippen LogP contribution in [-0.4, -0.2) is 52.0 Å². The summed E-state index contributed by atoms with van der Waals surface area (Å²) in [5.74, 6) is -0.436. The smallest absolute Gasteiger partial charge is 0.269 e. The maximum absolute atomic E-state index is 12.3. The number of nitrogens with zero attached hydrogens (tertiary/aromatic N) is 2. The van der Waals surface area contributed by atoms with Crippen LogP contribution in [0.15, 0.2) is 54.7 Å². The molecule has 28 heavy (non-hydrogen) atoms. The molecule has 1 fully saturated rings. The van der Waals surface area contributed by atoms with Gasteiger partial charge in [0.1, 0.15) is 5.69 Å². The van der Waals surface area contributed by atoms with Crippen molar-refractivity contribution in [3.63, 3.8) is 0 Å². The number of aliphatic hydroxyl groups is 1. The van der Waals surface area contributed by atoms with E-state index in [1.165, 1.54) is 6.92 Å². The van der Waals surface area contributed by atoms with Gasteiger partial charge in [0.05, 0.1) is 18.7 Å². The maximum Gasteiger partial charge on any atom is 0.269 e. The van der Waals surface area contributed by atoms with Crippen molar-refractivity contribution in [3.8, 4) is 0 Å². The van der Waals surface area contributed by atoms with E-state index >= 15 is 0 Å². The zero-order chi connectivity index (χ0) is 20.1. The average Bonchev–Trinajstić information content (AvgIpc) is 2.69. The lowest BCUT2D eigenvalue weighted by Crippen LogP contribution is -2.68. The molecule has 3 rings (SSSR count). The van der Waals surface area contributed by atoms with Crippen LogP contribution in [0.5, 0.6) is 0 Å². The zero-order valence-corrected chi connectivity index (χ0v) is 16.1. The van der Waals surface area contributed by atoms with Gasteiger partial charge in [-0.1, -0.05) is 42.5 Å². The minimum Gasteiger partial charge on any atom is -0.394 e. The summed E-state index contributed by atoms with van der Waals surface area (Å²) in [5.41, 5.74) is 2.47. The first-order valence-electron chi connectivity index (χ1n) is 9.38. The average molecular weight is 379 g/mol. The lowest BCUT2D eigenvalue weighted by atomic mass is 9.75. The third kappa shape index (κ3) is 3.97. The van der Waals surface area contributed by atoms with Crippen LogP contribution in [0.3, 0.4) is 0 Å². The molecule has 1 saturated heterocycles. The van der Waals surface area contributed by atoms with Gasteiger partial charge in [-0.15, -0.1) is 0 Å². The van der Waals surface area contributed by atoms with Gasteiger partial charge in [-0.3, -0.25) is 14.6 Å². The number of carbonyl (C=O) groups is 2. The third-order valence-electron chi connectivity index (χ3n) is 5.14. The normalized spacial score (nSPS) is 21.4. The molecule has 2 N–H and O–H groups in total. The van der Waals surface area contributed by atoms with Gasteiger partial charge in [0.25, 0.3) is 5.91 Å². The number of hydrogen-bond acceptors (Lipinski definition) is 4. The molecule has 146 valence electrons. The molecule has 2 amide bonds. The summed E-state index contributed by atoms with van der Waals surface area (Å²) >= 11 is 0. The molecule has 0 spiro atoms. The molecule has 1 aliphatic heterocycles. The molecule has 1 aliphatic rings. The number of nitrogens with one attached hydrogen (secondary N) is 1. The fourth-order valence-electron chi connectivity index (χ4n) is 3.89. The Morgan fingerprint density at radius 3 is 2.50 bits per heavy atom. The first-order chi connectivity index (χ1) is 13.6. The highest BCUT2D eigenvalue weighted by atomic mass is 16.3. The maximum atomic E-state index is 12.3. The highest BCUT2D eigenvalue weighted by Gasteiger charge is 2.49. The lowest BCUT2D eigenvalue weighted by molar-refractivity contribution is -0.147. The highest BCUT2D eigenvalue weighted by molar-refractivity contribution is 5.92. The number of rotatable bonds is 6. The van der Waals surface area contributed by atoms with Gasteiger partial charge >= 0.3 is 0 Å². The van der Waals surface area contributed by atoms with Crippen molar-refractivity contribution in [2.24, 2.45) is 0 Å². The fraction of sp³-hybridized carbons (Fsp3) is 0.318. The van der Waals surface area contributed by atoms with Crippen molar-refractivity contribution >= 4 is 17.9 Å². The van der Waals surface area contributed by atoms with Crippen LogP contribution >= 0.6 is 0 Å². The highest BCUT2D eigenvalue weighted by Crippen LogP contribution is 2.40. The summed E-state index contributed by atoms with van der Waals surface area (Å²) in [5, 5.41) is 12.7. The van der Waals surface area contributed by atoms with E-state index in [-0.39, 0.29) is 36.4 Å². The van der Waals surface area contributed by atoms with Crippen molar-refractivity contribution < 1.29 is 14.7 Å². The second-order valence-corrected chi connectivity index (χ2v) is 6.86. The summed E-state index contributed by atoms with van der Waals surface area (Å²) in [7, 11) is 0. The Morgan fingerprint density at radius 2 is 1.93 bits per heavy atom. The second kappa shape index (κ2) is 8.80. The molecule has 6 heteroatoms. The van der Waals surface area contributed by atoms with Gasteiger partial charge in [-0.05, 0) is 30.2 Å². The van der Waals surface area contributed by atoms with Gasteiger partial charge in [-0.25, -0.2) is 0 Å². The molecule has 0 bridgehead atoms. The summed E-state index contributed by atoms with van der Waals surface area (Å²) < 4.78 is 0. The first-order valence-corrected chi connectivity index (χ1v) is 9.38. The first kappa shape index (κ1) is 19.8. The molecule has 1 aromatic carbocycles. The predicted molar refractivity (Wildman–Crippen MR) is 108 cm³/mol. The van der Waals surface area contributed by atoms with E-state index in [4.69, 9.17) is 0 Å². The van der Waals surface area contributed by atoms with Crippen molar-refractivity contribution in [2.75, 3.05) is 13.2 Å². The zero-order valence-electron chi connectivity index (χ0n) is 16.1. The summed E-state index contributed by atoms with van der Waals surface area (Å²) in [4.78, 5) is 30.2. The molecule has 2 heterocycles. The number of aliphatic hydroxyl groups excluding tert-OH is 1. The van der Waals surface area contributed by atoms with E-state index in [1.54, 1.807) is 29.3 Å². The van der Waals surface area contributed by atoms with Crippen LogP contribution in [-0.2, 0) is 4.79 Å².